The predicted octanol–water partition coefficient (Wildman–Crippen LogP) is 1.80. The summed E-state index contributed by atoms with van der Waals surface area (Å²) in [5, 5.41) is 2.76. The molecule has 18 heavy (non-hydrogen) atoms. The van der Waals surface area contributed by atoms with Crippen LogP contribution < -0.4 is 5.32 Å². The number of rotatable bonds is 5. The molecular weight excluding hydrogens is 228 g/mol. The first kappa shape index (κ1) is 15.0. The van der Waals surface area contributed by atoms with E-state index in [1.54, 1.807) is 0 Å². The molecule has 4 nitrogen and oxygen atoms in total. The van der Waals surface area contributed by atoms with Gasteiger partial charge in [-0.05, 0) is 31.6 Å². The number of carbonyl (C=O) groups excluding carboxylic acids is 2. The van der Waals surface area contributed by atoms with Crippen LogP contribution >= 0.6 is 0 Å². The second-order valence-corrected chi connectivity index (χ2v) is 5.29. The van der Waals surface area contributed by atoms with Gasteiger partial charge in [0.05, 0.1) is 6.54 Å². The first-order valence-corrected chi connectivity index (χ1v) is 7.13. The van der Waals surface area contributed by atoms with Crippen molar-refractivity contribution in [1.29, 1.82) is 0 Å². The molecular formula is C14H26N2O2. The number of hydrogen-bond acceptors (Lipinski definition) is 2. The van der Waals surface area contributed by atoms with E-state index >= 15 is 0 Å². The van der Waals surface area contributed by atoms with Crippen LogP contribution in [0.1, 0.15) is 46.5 Å². The molecule has 0 aromatic carbocycles. The molecule has 1 heterocycles. The van der Waals surface area contributed by atoms with Gasteiger partial charge in [0.15, 0.2) is 0 Å². The van der Waals surface area contributed by atoms with Crippen molar-refractivity contribution in [3.05, 3.63) is 0 Å². The van der Waals surface area contributed by atoms with Crippen LogP contribution in [0.4, 0.5) is 0 Å². The molecule has 0 aliphatic carbocycles. The normalized spacial score (nSPS) is 17.0. The number of amides is 2. The zero-order chi connectivity index (χ0) is 13.5. The molecule has 1 aliphatic heterocycles. The summed E-state index contributed by atoms with van der Waals surface area (Å²) in [6, 6.07) is 0. The Balaban J connectivity index is 2.30. The van der Waals surface area contributed by atoms with Crippen LogP contribution in [-0.4, -0.2) is 36.3 Å². The van der Waals surface area contributed by atoms with Crippen LogP contribution in [0.2, 0.25) is 0 Å². The highest BCUT2D eigenvalue weighted by atomic mass is 16.2. The van der Waals surface area contributed by atoms with Crippen LogP contribution in [0.25, 0.3) is 0 Å². The monoisotopic (exact) mass is 254 g/mol. The molecule has 0 aromatic rings. The molecule has 0 unspecified atom stereocenters. The van der Waals surface area contributed by atoms with Gasteiger partial charge in [-0.1, -0.05) is 20.8 Å². The second kappa shape index (κ2) is 7.39. The Bertz CT molecular complexity index is 280. The Morgan fingerprint density at radius 1 is 1.22 bits per heavy atom. The van der Waals surface area contributed by atoms with Gasteiger partial charge < -0.3 is 10.2 Å². The molecule has 1 fully saturated rings. The largest absolute Gasteiger partial charge is 0.347 e. The topological polar surface area (TPSA) is 49.4 Å². The number of nitrogens with zero attached hydrogens (tertiary/aromatic N) is 1. The maximum atomic E-state index is 11.9. The van der Waals surface area contributed by atoms with Gasteiger partial charge >= 0.3 is 0 Å². The minimum absolute atomic E-state index is 0.0127. The minimum Gasteiger partial charge on any atom is -0.347 e. The molecule has 0 bridgehead atoms. The van der Waals surface area contributed by atoms with Gasteiger partial charge in [-0.2, -0.15) is 0 Å². The van der Waals surface area contributed by atoms with Crippen LogP contribution in [0.5, 0.6) is 0 Å². The molecule has 0 aromatic heterocycles. The smallest absolute Gasteiger partial charge is 0.241 e. The van der Waals surface area contributed by atoms with Crippen molar-refractivity contribution in [2.45, 2.75) is 46.5 Å². The van der Waals surface area contributed by atoms with Gasteiger partial charge in [-0.3, -0.25) is 9.59 Å². The molecule has 1 aliphatic rings. The second-order valence-electron chi connectivity index (χ2n) is 5.29. The summed E-state index contributed by atoms with van der Waals surface area (Å²) in [7, 11) is 0. The van der Waals surface area contributed by atoms with Gasteiger partial charge in [0.2, 0.25) is 11.8 Å². The highest BCUT2D eigenvalue weighted by Gasteiger charge is 2.21. The molecule has 0 atom stereocenters. The minimum atomic E-state index is 0.0127. The SMILES string of the molecule is CCC(CC)C(=O)NCC(=O)N1CCC(C)CC1. The quantitative estimate of drug-likeness (QED) is 0.813. The van der Waals surface area contributed by atoms with Gasteiger partial charge in [0.1, 0.15) is 0 Å². The molecule has 1 rings (SSSR count). The average Bonchev–Trinajstić information content (AvgIpc) is 2.38. The van der Waals surface area contributed by atoms with Crippen molar-refractivity contribution in [2.75, 3.05) is 19.6 Å². The maximum Gasteiger partial charge on any atom is 0.241 e. The Morgan fingerprint density at radius 2 is 1.78 bits per heavy atom. The van der Waals surface area contributed by atoms with E-state index in [0.29, 0.717) is 5.92 Å². The standard InChI is InChI=1S/C14H26N2O2/c1-4-12(5-2)14(18)15-10-13(17)16-8-6-11(3)7-9-16/h11-12H,4-10H2,1-3H3,(H,15,18). The average molecular weight is 254 g/mol. The summed E-state index contributed by atoms with van der Waals surface area (Å²) in [6.07, 6.45) is 3.81. The molecule has 1 saturated heterocycles. The van der Waals surface area contributed by atoms with Gasteiger partial charge in [0, 0.05) is 19.0 Å². The summed E-state index contributed by atoms with van der Waals surface area (Å²) in [5.41, 5.74) is 0. The first-order chi connectivity index (χ1) is 8.58. The van der Waals surface area contributed by atoms with E-state index in [0.717, 1.165) is 38.8 Å². The summed E-state index contributed by atoms with van der Waals surface area (Å²) in [5.74, 6) is 0.826. The molecule has 104 valence electrons. The zero-order valence-corrected chi connectivity index (χ0v) is 11.9. The van der Waals surface area contributed by atoms with Crippen LogP contribution in [0.15, 0.2) is 0 Å². The number of piperidine rings is 1. The van der Waals surface area contributed by atoms with Gasteiger partial charge in [-0.15, -0.1) is 0 Å². The zero-order valence-electron chi connectivity index (χ0n) is 11.9. The molecule has 2 amide bonds. The number of carbonyl (C=O) groups is 2. The van der Waals surface area contributed by atoms with Crippen molar-refractivity contribution < 1.29 is 9.59 Å². The Morgan fingerprint density at radius 3 is 2.28 bits per heavy atom. The molecule has 0 spiro atoms. The fraction of sp³-hybridized carbons (Fsp3) is 0.857. The summed E-state index contributed by atoms with van der Waals surface area (Å²) in [4.78, 5) is 25.6. The highest BCUT2D eigenvalue weighted by Crippen LogP contribution is 2.15. The van der Waals surface area contributed by atoms with E-state index in [2.05, 4.69) is 12.2 Å². The lowest BCUT2D eigenvalue weighted by Gasteiger charge is -2.30. The molecule has 0 saturated carbocycles. The third kappa shape index (κ3) is 4.31. The lowest BCUT2D eigenvalue weighted by atomic mass is 9.99. The Kier molecular flexibility index (Phi) is 6.16. The van der Waals surface area contributed by atoms with Crippen molar-refractivity contribution >= 4 is 11.8 Å². The third-order valence-corrected chi connectivity index (χ3v) is 3.91. The fourth-order valence-corrected chi connectivity index (χ4v) is 2.34. The first-order valence-electron chi connectivity index (χ1n) is 7.13. The molecule has 4 heteroatoms. The number of likely N-dealkylation sites (tertiary alicyclic amines) is 1. The molecule has 1 N–H and O–H groups in total. The lowest BCUT2D eigenvalue weighted by molar-refractivity contribution is -0.135. The van der Waals surface area contributed by atoms with Gasteiger partial charge in [0.25, 0.3) is 0 Å². The number of nitrogens with one attached hydrogen (secondary N) is 1. The van der Waals surface area contributed by atoms with Crippen LogP contribution in [0, 0.1) is 11.8 Å². The van der Waals surface area contributed by atoms with E-state index in [1.165, 1.54) is 0 Å². The Hall–Kier alpha value is -1.06. The van der Waals surface area contributed by atoms with Crippen molar-refractivity contribution in [2.24, 2.45) is 11.8 Å². The summed E-state index contributed by atoms with van der Waals surface area (Å²) >= 11 is 0. The number of hydrogen-bond donors (Lipinski definition) is 1. The van der Waals surface area contributed by atoms with Crippen LogP contribution in [-0.2, 0) is 9.59 Å². The van der Waals surface area contributed by atoms with Crippen molar-refractivity contribution in [3.63, 3.8) is 0 Å². The maximum absolute atomic E-state index is 11.9. The fourth-order valence-electron chi connectivity index (χ4n) is 2.34. The van der Waals surface area contributed by atoms with Crippen molar-refractivity contribution in [1.82, 2.24) is 10.2 Å². The van der Waals surface area contributed by atoms with E-state index in [1.807, 2.05) is 18.7 Å². The highest BCUT2D eigenvalue weighted by molar-refractivity contribution is 5.85. The summed E-state index contributed by atoms with van der Waals surface area (Å²) in [6.45, 7) is 8.05. The van der Waals surface area contributed by atoms with Gasteiger partial charge in [-0.25, -0.2) is 0 Å². The van der Waals surface area contributed by atoms with E-state index in [9.17, 15) is 9.59 Å². The lowest BCUT2D eigenvalue weighted by Crippen LogP contribution is -2.44. The van der Waals surface area contributed by atoms with Crippen molar-refractivity contribution in [3.8, 4) is 0 Å². The van der Waals surface area contributed by atoms with Crippen LogP contribution in [0.3, 0.4) is 0 Å². The van der Waals surface area contributed by atoms with E-state index in [-0.39, 0.29) is 24.3 Å². The summed E-state index contributed by atoms with van der Waals surface area (Å²) < 4.78 is 0. The van der Waals surface area contributed by atoms with E-state index < -0.39 is 0 Å². The molecule has 0 radical (unpaired) electrons. The predicted molar refractivity (Wildman–Crippen MR) is 72.1 cm³/mol. The third-order valence-electron chi connectivity index (χ3n) is 3.91. The van der Waals surface area contributed by atoms with E-state index in [4.69, 9.17) is 0 Å². The Labute approximate surface area is 110 Å².